The minimum absolute atomic E-state index is 0.252. The summed E-state index contributed by atoms with van der Waals surface area (Å²) in [5.41, 5.74) is 2.77. The third-order valence-electron chi connectivity index (χ3n) is 3.44. The molecule has 3 rings (SSSR count). The predicted molar refractivity (Wildman–Crippen MR) is 85.0 cm³/mol. The Labute approximate surface area is 132 Å². The van der Waals surface area contributed by atoms with Gasteiger partial charge in [-0.15, -0.1) is 0 Å². The molecular formula is C17H13ClN2O2. The van der Waals surface area contributed by atoms with E-state index in [9.17, 15) is 9.90 Å². The Morgan fingerprint density at radius 2 is 1.68 bits per heavy atom. The van der Waals surface area contributed by atoms with Crippen LogP contribution >= 0.6 is 11.6 Å². The number of aliphatic carboxylic acids is 1. The van der Waals surface area contributed by atoms with E-state index in [1.54, 1.807) is 12.1 Å². The summed E-state index contributed by atoms with van der Waals surface area (Å²) in [4.78, 5) is 18.4. The summed E-state index contributed by atoms with van der Waals surface area (Å²) in [6.45, 7) is 0. The third-order valence-corrected chi connectivity index (χ3v) is 3.63. The first-order valence-corrected chi connectivity index (χ1v) is 7.12. The van der Waals surface area contributed by atoms with Crippen molar-refractivity contribution in [3.05, 3.63) is 77.3 Å². The van der Waals surface area contributed by atoms with E-state index in [2.05, 4.69) is 9.97 Å². The highest BCUT2D eigenvalue weighted by molar-refractivity contribution is 6.29. The van der Waals surface area contributed by atoms with Crippen LogP contribution in [-0.2, 0) is 4.79 Å². The largest absolute Gasteiger partial charge is 0.480 e. The zero-order valence-corrected chi connectivity index (χ0v) is 12.3. The fraction of sp³-hybridized carbons (Fsp3) is 0.0588. The van der Waals surface area contributed by atoms with E-state index in [-0.39, 0.29) is 5.15 Å². The normalized spacial score (nSPS) is 12.0. The third kappa shape index (κ3) is 2.87. The van der Waals surface area contributed by atoms with Crippen LogP contribution in [0.2, 0.25) is 5.15 Å². The molecule has 1 unspecified atom stereocenters. The summed E-state index contributed by atoms with van der Waals surface area (Å²) in [5.74, 6) is -1.51. The zero-order chi connectivity index (χ0) is 15.5. The zero-order valence-electron chi connectivity index (χ0n) is 11.5. The van der Waals surface area contributed by atoms with Crippen LogP contribution in [0.25, 0.3) is 11.1 Å². The molecule has 0 radical (unpaired) electrons. The molecular weight excluding hydrogens is 300 g/mol. The average molecular weight is 313 g/mol. The fourth-order valence-corrected chi connectivity index (χ4v) is 2.52. The first kappa shape index (κ1) is 14.4. The fourth-order valence-electron chi connectivity index (χ4n) is 2.38. The molecule has 0 fully saturated rings. The van der Waals surface area contributed by atoms with E-state index in [0.29, 0.717) is 11.4 Å². The lowest BCUT2D eigenvalue weighted by molar-refractivity contribution is -0.137. The maximum atomic E-state index is 11.6. The van der Waals surface area contributed by atoms with Crippen molar-refractivity contribution in [1.29, 1.82) is 0 Å². The number of carbonyl (C=O) groups is 1. The number of halogens is 1. The lowest BCUT2D eigenvalue weighted by atomic mass is 9.95. The van der Waals surface area contributed by atoms with Crippen LogP contribution in [0.4, 0.5) is 0 Å². The molecule has 0 aliphatic heterocycles. The number of aromatic nitrogens is 2. The lowest BCUT2D eigenvalue weighted by Gasteiger charge is -2.11. The summed E-state index contributed by atoms with van der Waals surface area (Å²) in [5, 5.41) is 9.72. The number of nitrogens with zero attached hydrogens (tertiary/aromatic N) is 1. The van der Waals surface area contributed by atoms with Crippen LogP contribution in [-0.4, -0.2) is 21.0 Å². The predicted octanol–water partition coefficient (Wildman–Crippen LogP) is 3.95. The Bertz CT molecular complexity index is 782. The number of imidazole rings is 1. The molecule has 0 amide bonds. The highest BCUT2D eigenvalue weighted by Crippen LogP contribution is 2.26. The van der Waals surface area contributed by atoms with Crippen molar-refractivity contribution in [3.63, 3.8) is 0 Å². The van der Waals surface area contributed by atoms with E-state index >= 15 is 0 Å². The van der Waals surface area contributed by atoms with Crippen LogP contribution in [0.1, 0.15) is 17.3 Å². The Hall–Kier alpha value is -2.59. The first-order chi connectivity index (χ1) is 10.6. The maximum absolute atomic E-state index is 11.6. The van der Waals surface area contributed by atoms with Gasteiger partial charge < -0.3 is 10.1 Å². The molecule has 5 heteroatoms. The summed E-state index contributed by atoms with van der Waals surface area (Å²) in [6, 6.07) is 17.3. The van der Waals surface area contributed by atoms with Gasteiger partial charge in [0.2, 0.25) is 0 Å². The van der Waals surface area contributed by atoms with Gasteiger partial charge in [-0.1, -0.05) is 66.2 Å². The summed E-state index contributed by atoms with van der Waals surface area (Å²) < 4.78 is 0. The van der Waals surface area contributed by atoms with E-state index < -0.39 is 11.9 Å². The number of H-pyrrole nitrogens is 1. The van der Waals surface area contributed by atoms with Gasteiger partial charge in [0.05, 0.1) is 0 Å². The van der Waals surface area contributed by atoms with Gasteiger partial charge in [0.1, 0.15) is 16.9 Å². The molecule has 1 heterocycles. The molecule has 22 heavy (non-hydrogen) atoms. The first-order valence-electron chi connectivity index (χ1n) is 6.74. The molecule has 110 valence electrons. The number of nitrogens with one attached hydrogen (secondary N) is 1. The molecule has 2 N–H and O–H groups in total. The number of hydrogen-bond donors (Lipinski definition) is 2. The number of carboxylic acid groups (broad SMARTS) is 1. The Morgan fingerprint density at radius 1 is 1.05 bits per heavy atom. The van der Waals surface area contributed by atoms with Crippen LogP contribution in [0.15, 0.2) is 60.8 Å². The van der Waals surface area contributed by atoms with Crippen molar-refractivity contribution >= 4 is 17.6 Å². The van der Waals surface area contributed by atoms with Gasteiger partial charge in [0.15, 0.2) is 0 Å². The van der Waals surface area contributed by atoms with Crippen molar-refractivity contribution in [1.82, 2.24) is 9.97 Å². The number of hydrogen-bond acceptors (Lipinski definition) is 2. The molecule has 1 atom stereocenters. The second-order valence-corrected chi connectivity index (χ2v) is 5.25. The molecule has 0 saturated carbocycles. The maximum Gasteiger partial charge on any atom is 0.318 e. The number of benzene rings is 2. The Kier molecular flexibility index (Phi) is 3.94. The number of rotatable bonds is 4. The number of aromatic amines is 1. The summed E-state index contributed by atoms with van der Waals surface area (Å²) >= 11 is 5.77. The van der Waals surface area contributed by atoms with E-state index in [1.807, 2.05) is 42.5 Å². The van der Waals surface area contributed by atoms with Crippen LogP contribution in [0.3, 0.4) is 0 Å². The van der Waals surface area contributed by atoms with Crippen molar-refractivity contribution in [3.8, 4) is 11.1 Å². The summed E-state index contributed by atoms with van der Waals surface area (Å²) in [7, 11) is 0. The average Bonchev–Trinajstić information content (AvgIpc) is 2.95. The topological polar surface area (TPSA) is 66.0 Å². The Balaban J connectivity index is 1.95. The molecule has 0 bridgehead atoms. The monoisotopic (exact) mass is 312 g/mol. The second-order valence-electron chi connectivity index (χ2n) is 4.87. The SMILES string of the molecule is O=C(O)C(c1ccc(-c2ccccc2)cc1)c1nc(Cl)c[nH]1. The van der Waals surface area contributed by atoms with Gasteiger partial charge >= 0.3 is 5.97 Å². The number of carboxylic acids is 1. The molecule has 3 aromatic rings. The smallest absolute Gasteiger partial charge is 0.318 e. The van der Waals surface area contributed by atoms with Gasteiger partial charge in [0, 0.05) is 6.20 Å². The van der Waals surface area contributed by atoms with Gasteiger partial charge in [-0.3, -0.25) is 4.79 Å². The Morgan fingerprint density at radius 3 is 2.23 bits per heavy atom. The molecule has 0 spiro atoms. The quantitative estimate of drug-likeness (QED) is 0.766. The van der Waals surface area contributed by atoms with Crippen LogP contribution in [0, 0.1) is 0 Å². The van der Waals surface area contributed by atoms with Crippen molar-refractivity contribution < 1.29 is 9.90 Å². The highest BCUT2D eigenvalue weighted by atomic mass is 35.5. The van der Waals surface area contributed by atoms with Gasteiger partial charge in [-0.2, -0.15) is 0 Å². The van der Waals surface area contributed by atoms with Gasteiger partial charge in [-0.05, 0) is 16.7 Å². The van der Waals surface area contributed by atoms with Crippen LogP contribution < -0.4 is 0 Å². The van der Waals surface area contributed by atoms with E-state index in [0.717, 1.165) is 11.1 Å². The van der Waals surface area contributed by atoms with Crippen LogP contribution in [0.5, 0.6) is 0 Å². The van der Waals surface area contributed by atoms with Crippen molar-refractivity contribution in [2.75, 3.05) is 0 Å². The standard InChI is InChI=1S/C17H13ClN2O2/c18-14-10-19-16(20-14)15(17(21)22)13-8-6-12(7-9-13)11-4-2-1-3-5-11/h1-10,15H,(H,19,20)(H,21,22). The molecule has 4 nitrogen and oxygen atoms in total. The molecule has 0 aliphatic carbocycles. The van der Waals surface area contributed by atoms with Gasteiger partial charge in [0.25, 0.3) is 0 Å². The molecule has 0 saturated heterocycles. The van der Waals surface area contributed by atoms with Gasteiger partial charge in [-0.25, -0.2) is 4.98 Å². The van der Waals surface area contributed by atoms with Crippen molar-refractivity contribution in [2.45, 2.75) is 5.92 Å². The molecule has 1 aromatic heterocycles. The highest BCUT2D eigenvalue weighted by Gasteiger charge is 2.25. The second kappa shape index (κ2) is 6.03. The molecule has 0 aliphatic rings. The minimum Gasteiger partial charge on any atom is -0.480 e. The minimum atomic E-state index is -0.974. The molecule has 2 aromatic carbocycles. The van der Waals surface area contributed by atoms with E-state index in [1.165, 1.54) is 6.20 Å². The van der Waals surface area contributed by atoms with E-state index in [4.69, 9.17) is 11.6 Å². The lowest BCUT2D eigenvalue weighted by Crippen LogP contribution is -2.14. The summed E-state index contributed by atoms with van der Waals surface area (Å²) in [6.07, 6.45) is 1.48. The van der Waals surface area contributed by atoms with Crippen molar-refractivity contribution in [2.24, 2.45) is 0 Å².